The lowest BCUT2D eigenvalue weighted by atomic mass is 9.95. The Bertz CT molecular complexity index is 542. The fourth-order valence-corrected chi connectivity index (χ4v) is 2.39. The number of terminal acetylenes is 1. The van der Waals surface area contributed by atoms with Crippen LogP contribution in [0.15, 0.2) is 22.0 Å². The van der Waals surface area contributed by atoms with Crippen LogP contribution in [0.25, 0.3) is 0 Å². The highest BCUT2D eigenvalue weighted by atomic mass is 16.2. The second-order valence-corrected chi connectivity index (χ2v) is 4.44. The monoisotopic (exact) mass is 232 g/mol. The van der Waals surface area contributed by atoms with Gasteiger partial charge < -0.3 is 4.57 Å². The summed E-state index contributed by atoms with van der Waals surface area (Å²) < 4.78 is 2.86. The topological polar surface area (TPSA) is 44.0 Å². The van der Waals surface area contributed by atoms with E-state index in [9.17, 15) is 9.59 Å². The Hall–Kier alpha value is -1.76. The number of hydrogen-bond acceptors (Lipinski definition) is 2. The molecule has 1 aromatic heterocycles. The summed E-state index contributed by atoms with van der Waals surface area (Å²) in [5, 5.41) is 0. The molecular weight excluding hydrogens is 216 g/mol. The molecule has 0 amide bonds. The van der Waals surface area contributed by atoms with E-state index in [-0.39, 0.29) is 12.6 Å². The lowest BCUT2D eigenvalue weighted by molar-refractivity contribution is 0.342. The lowest BCUT2D eigenvalue weighted by Crippen LogP contribution is -2.42. The second kappa shape index (κ2) is 5.05. The summed E-state index contributed by atoms with van der Waals surface area (Å²) in [5.74, 6) is 2.37. The molecule has 0 N–H and O–H groups in total. The molecule has 0 aliphatic heterocycles. The van der Waals surface area contributed by atoms with Crippen LogP contribution in [-0.4, -0.2) is 9.13 Å². The number of rotatable bonds is 2. The Morgan fingerprint density at radius 2 is 1.88 bits per heavy atom. The first-order chi connectivity index (χ1) is 8.24. The molecule has 17 heavy (non-hydrogen) atoms. The molecule has 0 spiro atoms. The van der Waals surface area contributed by atoms with Gasteiger partial charge in [0.15, 0.2) is 0 Å². The van der Waals surface area contributed by atoms with Crippen molar-refractivity contribution in [2.45, 2.75) is 44.7 Å². The van der Waals surface area contributed by atoms with Crippen LogP contribution in [-0.2, 0) is 6.54 Å². The zero-order chi connectivity index (χ0) is 12.3. The maximum Gasteiger partial charge on any atom is 0.317 e. The molecular formula is C13H16N2O2. The SMILES string of the molecule is C#CCn1ccn(C2CCCCC2)c(=O)c1=O. The van der Waals surface area contributed by atoms with Crippen molar-refractivity contribution in [3.05, 3.63) is 33.1 Å². The van der Waals surface area contributed by atoms with Gasteiger partial charge in [-0.05, 0) is 12.8 Å². The van der Waals surface area contributed by atoms with E-state index < -0.39 is 11.1 Å². The van der Waals surface area contributed by atoms with Gasteiger partial charge >= 0.3 is 11.1 Å². The summed E-state index contributed by atoms with van der Waals surface area (Å²) >= 11 is 0. The molecule has 0 saturated heterocycles. The predicted molar refractivity (Wildman–Crippen MR) is 65.9 cm³/mol. The highest BCUT2D eigenvalue weighted by Gasteiger charge is 2.17. The van der Waals surface area contributed by atoms with Crippen LogP contribution in [0.1, 0.15) is 38.1 Å². The largest absolute Gasteiger partial charge is 0.317 e. The van der Waals surface area contributed by atoms with E-state index in [2.05, 4.69) is 5.92 Å². The van der Waals surface area contributed by atoms with E-state index in [1.165, 1.54) is 11.0 Å². The number of aromatic nitrogens is 2. The average Bonchev–Trinajstić information content (AvgIpc) is 2.36. The van der Waals surface area contributed by atoms with Gasteiger partial charge in [0, 0.05) is 18.4 Å². The van der Waals surface area contributed by atoms with Crippen molar-refractivity contribution >= 4 is 0 Å². The van der Waals surface area contributed by atoms with E-state index >= 15 is 0 Å². The summed E-state index contributed by atoms with van der Waals surface area (Å²) in [5.41, 5.74) is -0.967. The van der Waals surface area contributed by atoms with Crippen LogP contribution in [0.3, 0.4) is 0 Å². The Labute approximate surface area is 99.9 Å². The molecule has 0 atom stereocenters. The van der Waals surface area contributed by atoms with Crippen molar-refractivity contribution in [2.24, 2.45) is 0 Å². The van der Waals surface area contributed by atoms with E-state index in [1.54, 1.807) is 17.0 Å². The Morgan fingerprint density at radius 1 is 1.18 bits per heavy atom. The zero-order valence-corrected chi connectivity index (χ0v) is 9.76. The van der Waals surface area contributed by atoms with Gasteiger partial charge in [0.05, 0.1) is 6.54 Å². The van der Waals surface area contributed by atoms with Crippen LogP contribution >= 0.6 is 0 Å². The van der Waals surface area contributed by atoms with Crippen LogP contribution in [0.2, 0.25) is 0 Å². The summed E-state index contributed by atoms with van der Waals surface area (Å²) in [7, 11) is 0. The molecule has 0 aromatic carbocycles. The first-order valence-electron chi connectivity index (χ1n) is 5.99. The van der Waals surface area contributed by atoms with Crippen molar-refractivity contribution in [3.63, 3.8) is 0 Å². The van der Waals surface area contributed by atoms with E-state index in [0.29, 0.717) is 0 Å². The van der Waals surface area contributed by atoms with E-state index in [4.69, 9.17) is 6.42 Å². The van der Waals surface area contributed by atoms with E-state index in [0.717, 1.165) is 25.7 Å². The third-order valence-corrected chi connectivity index (χ3v) is 3.32. The second-order valence-electron chi connectivity index (χ2n) is 4.44. The first kappa shape index (κ1) is 11.7. The summed E-state index contributed by atoms with van der Waals surface area (Å²) in [6.45, 7) is 0.152. The molecule has 0 bridgehead atoms. The lowest BCUT2D eigenvalue weighted by Gasteiger charge is -2.23. The Kier molecular flexibility index (Phi) is 3.48. The van der Waals surface area contributed by atoms with E-state index in [1.807, 2.05) is 0 Å². The van der Waals surface area contributed by atoms with Gasteiger partial charge in [0.25, 0.3) is 0 Å². The van der Waals surface area contributed by atoms with Crippen molar-refractivity contribution < 1.29 is 0 Å². The molecule has 90 valence electrons. The first-order valence-corrected chi connectivity index (χ1v) is 5.99. The molecule has 4 heteroatoms. The fraction of sp³-hybridized carbons (Fsp3) is 0.538. The van der Waals surface area contributed by atoms with Crippen molar-refractivity contribution in [1.29, 1.82) is 0 Å². The minimum absolute atomic E-state index is 0.152. The third kappa shape index (κ3) is 2.33. The fourth-order valence-electron chi connectivity index (χ4n) is 2.39. The molecule has 1 saturated carbocycles. The Morgan fingerprint density at radius 3 is 2.53 bits per heavy atom. The summed E-state index contributed by atoms with van der Waals surface area (Å²) in [6.07, 6.45) is 13.9. The quantitative estimate of drug-likeness (QED) is 0.567. The van der Waals surface area contributed by atoms with Gasteiger partial charge in [-0.1, -0.05) is 25.2 Å². The predicted octanol–water partition coefficient (Wildman–Crippen LogP) is 1.15. The van der Waals surface area contributed by atoms with Gasteiger partial charge in [-0.25, -0.2) is 0 Å². The molecule has 2 rings (SSSR count). The maximum absolute atomic E-state index is 11.9. The Balaban J connectivity index is 2.37. The molecule has 4 nitrogen and oxygen atoms in total. The summed E-state index contributed by atoms with van der Waals surface area (Å²) in [6, 6.07) is 0.185. The molecule has 1 aliphatic carbocycles. The molecule has 1 aliphatic rings. The van der Waals surface area contributed by atoms with Gasteiger partial charge in [0.1, 0.15) is 0 Å². The van der Waals surface area contributed by atoms with Gasteiger partial charge in [0.2, 0.25) is 0 Å². The molecule has 1 heterocycles. The molecule has 1 fully saturated rings. The normalized spacial score (nSPS) is 16.6. The minimum Gasteiger partial charge on any atom is -0.306 e. The molecule has 0 radical (unpaired) electrons. The van der Waals surface area contributed by atoms with Crippen LogP contribution in [0, 0.1) is 12.3 Å². The molecule has 1 aromatic rings. The average molecular weight is 232 g/mol. The maximum atomic E-state index is 11.9. The van der Waals surface area contributed by atoms with Crippen molar-refractivity contribution in [3.8, 4) is 12.3 Å². The highest BCUT2D eigenvalue weighted by molar-refractivity contribution is 4.94. The van der Waals surface area contributed by atoms with Gasteiger partial charge in [-0.3, -0.25) is 14.2 Å². The van der Waals surface area contributed by atoms with Gasteiger partial charge in [-0.2, -0.15) is 0 Å². The number of nitrogens with zero attached hydrogens (tertiary/aromatic N) is 2. The van der Waals surface area contributed by atoms with Crippen LogP contribution in [0.5, 0.6) is 0 Å². The minimum atomic E-state index is -0.518. The summed E-state index contributed by atoms with van der Waals surface area (Å²) in [4.78, 5) is 23.7. The highest BCUT2D eigenvalue weighted by Crippen LogP contribution is 2.26. The number of hydrogen-bond donors (Lipinski definition) is 0. The van der Waals surface area contributed by atoms with Crippen molar-refractivity contribution in [1.82, 2.24) is 9.13 Å². The standard InChI is InChI=1S/C13H16N2O2/c1-2-8-14-9-10-15(13(17)12(14)16)11-6-4-3-5-7-11/h1,9-11H,3-8H2. The van der Waals surface area contributed by atoms with Crippen LogP contribution in [0.4, 0.5) is 0 Å². The van der Waals surface area contributed by atoms with Gasteiger partial charge in [-0.15, -0.1) is 6.42 Å². The molecule has 0 unspecified atom stereocenters. The smallest absolute Gasteiger partial charge is 0.306 e. The third-order valence-electron chi connectivity index (χ3n) is 3.32. The zero-order valence-electron chi connectivity index (χ0n) is 9.76. The van der Waals surface area contributed by atoms with Crippen LogP contribution < -0.4 is 11.1 Å². The van der Waals surface area contributed by atoms with Crippen molar-refractivity contribution in [2.75, 3.05) is 0 Å².